The summed E-state index contributed by atoms with van der Waals surface area (Å²) in [5.41, 5.74) is 2.36. The lowest BCUT2D eigenvalue weighted by atomic mass is 9.94. The Balaban J connectivity index is 1.76. The molecular formula is C18H19N5O. The molecule has 1 aliphatic heterocycles. The lowest BCUT2D eigenvalue weighted by molar-refractivity contribution is -0.127. The molecule has 1 aliphatic rings. The summed E-state index contributed by atoms with van der Waals surface area (Å²) in [5.74, 6) is 0.935. The van der Waals surface area contributed by atoms with Gasteiger partial charge in [0, 0.05) is 38.3 Å². The van der Waals surface area contributed by atoms with Gasteiger partial charge in [-0.3, -0.25) is 9.78 Å². The van der Waals surface area contributed by atoms with Crippen LogP contribution in [0.1, 0.15) is 29.3 Å². The molecule has 2 aromatic heterocycles. The number of pyridine rings is 2. The normalized spacial score (nSPS) is 20.0. The van der Waals surface area contributed by atoms with Crippen molar-refractivity contribution in [3.8, 4) is 6.07 Å². The highest BCUT2D eigenvalue weighted by Crippen LogP contribution is 2.36. The van der Waals surface area contributed by atoms with Gasteiger partial charge >= 0.3 is 0 Å². The van der Waals surface area contributed by atoms with Crippen molar-refractivity contribution in [1.82, 2.24) is 14.9 Å². The van der Waals surface area contributed by atoms with Crippen molar-refractivity contribution < 1.29 is 4.79 Å². The molecule has 0 saturated carbocycles. The molecule has 1 fully saturated rings. The van der Waals surface area contributed by atoms with Gasteiger partial charge in [-0.25, -0.2) is 4.98 Å². The van der Waals surface area contributed by atoms with Gasteiger partial charge in [-0.15, -0.1) is 0 Å². The molecule has 6 heteroatoms. The number of hydrogen-bond acceptors (Lipinski definition) is 5. The van der Waals surface area contributed by atoms with Crippen LogP contribution >= 0.6 is 0 Å². The van der Waals surface area contributed by atoms with Crippen LogP contribution in [-0.4, -0.2) is 34.4 Å². The summed E-state index contributed by atoms with van der Waals surface area (Å²) in [5, 5.41) is 12.4. The number of hydrogen-bond donors (Lipinski definition) is 1. The van der Waals surface area contributed by atoms with Gasteiger partial charge < -0.3 is 10.2 Å². The maximum absolute atomic E-state index is 12.1. The molecule has 1 N–H and O–H groups in total. The molecule has 3 heterocycles. The van der Waals surface area contributed by atoms with E-state index < -0.39 is 0 Å². The number of nitrogens with zero attached hydrogens (tertiary/aromatic N) is 4. The second kappa shape index (κ2) is 6.67. The van der Waals surface area contributed by atoms with Crippen molar-refractivity contribution in [1.29, 1.82) is 5.26 Å². The molecule has 2 aromatic rings. The van der Waals surface area contributed by atoms with Gasteiger partial charge in [0.25, 0.3) is 0 Å². The van der Waals surface area contributed by atoms with E-state index in [1.165, 1.54) is 0 Å². The van der Waals surface area contributed by atoms with Gasteiger partial charge in [-0.1, -0.05) is 6.07 Å². The molecular weight excluding hydrogens is 302 g/mol. The minimum absolute atomic E-state index is 0.0221. The molecule has 0 aliphatic carbocycles. The molecule has 0 spiro atoms. The third kappa shape index (κ3) is 3.06. The summed E-state index contributed by atoms with van der Waals surface area (Å²) >= 11 is 0. The summed E-state index contributed by atoms with van der Waals surface area (Å²) in [6.45, 7) is 2.48. The van der Waals surface area contributed by atoms with Gasteiger partial charge in [0.15, 0.2) is 0 Å². The summed E-state index contributed by atoms with van der Waals surface area (Å²) in [6, 6.07) is 9.75. The van der Waals surface area contributed by atoms with Crippen LogP contribution in [-0.2, 0) is 4.79 Å². The number of nitriles is 1. The van der Waals surface area contributed by atoms with Crippen LogP contribution in [0.5, 0.6) is 0 Å². The molecule has 0 aromatic carbocycles. The highest BCUT2D eigenvalue weighted by atomic mass is 16.2. The van der Waals surface area contributed by atoms with E-state index in [0.29, 0.717) is 24.5 Å². The molecule has 3 rings (SSSR count). The summed E-state index contributed by atoms with van der Waals surface area (Å²) in [4.78, 5) is 22.3. The van der Waals surface area contributed by atoms with Crippen molar-refractivity contribution in [3.05, 3.63) is 53.5 Å². The van der Waals surface area contributed by atoms with Crippen molar-refractivity contribution in [2.75, 3.05) is 18.9 Å². The van der Waals surface area contributed by atoms with Crippen molar-refractivity contribution in [2.45, 2.75) is 19.4 Å². The van der Waals surface area contributed by atoms with Crippen LogP contribution in [0, 0.1) is 24.2 Å². The molecule has 0 radical (unpaired) electrons. The van der Waals surface area contributed by atoms with E-state index >= 15 is 0 Å². The zero-order valence-corrected chi connectivity index (χ0v) is 13.7. The Morgan fingerprint density at radius 2 is 2.08 bits per heavy atom. The van der Waals surface area contributed by atoms with Crippen LogP contribution < -0.4 is 5.32 Å². The van der Waals surface area contributed by atoms with Gasteiger partial charge in [-0.2, -0.15) is 5.26 Å². The van der Waals surface area contributed by atoms with Gasteiger partial charge in [0.1, 0.15) is 17.6 Å². The average Bonchev–Trinajstić information content (AvgIpc) is 2.89. The van der Waals surface area contributed by atoms with E-state index in [4.69, 9.17) is 5.26 Å². The van der Waals surface area contributed by atoms with Crippen molar-refractivity contribution in [2.24, 2.45) is 5.92 Å². The van der Waals surface area contributed by atoms with Gasteiger partial charge in [-0.05, 0) is 36.2 Å². The number of nitrogens with one attached hydrogen (secondary N) is 1. The van der Waals surface area contributed by atoms with Gasteiger partial charge in [0.05, 0.1) is 6.04 Å². The van der Waals surface area contributed by atoms with E-state index in [2.05, 4.69) is 21.4 Å². The first kappa shape index (κ1) is 15.9. The molecule has 0 bridgehead atoms. The van der Waals surface area contributed by atoms with E-state index in [-0.39, 0.29) is 17.9 Å². The topological polar surface area (TPSA) is 81.9 Å². The minimum atomic E-state index is 0.0221. The number of carbonyl (C=O) groups is 1. The molecule has 1 amide bonds. The lowest BCUT2D eigenvalue weighted by Gasteiger charge is -2.25. The molecule has 0 unspecified atom stereocenters. The van der Waals surface area contributed by atoms with Crippen molar-refractivity contribution >= 4 is 11.7 Å². The molecule has 24 heavy (non-hydrogen) atoms. The zero-order chi connectivity index (χ0) is 17.1. The maximum atomic E-state index is 12.1. The fourth-order valence-electron chi connectivity index (χ4n) is 3.17. The fourth-order valence-corrected chi connectivity index (χ4v) is 3.17. The third-order valence-electron chi connectivity index (χ3n) is 4.49. The van der Waals surface area contributed by atoms with Crippen LogP contribution in [0.3, 0.4) is 0 Å². The Hall–Kier alpha value is -2.94. The highest BCUT2D eigenvalue weighted by Gasteiger charge is 2.38. The summed E-state index contributed by atoms with van der Waals surface area (Å²) in [7, 11) is 1.84. The Morgan fingerprint density at radius 3 is 2.79 bits per heavy atom. The first-order valence-corrected chi connectivity index (χ1v) is 7.87. The monoisotopic (exact) mass is 321 g/mol. The number of anilines is 1. The highest BCUT2D eigenvalue weighted by molar-refractivity contribution is 5.79. The van der Waals surface area contributed by atoms with Crippen LogP contribution in [0.2, 0.25) is 0 Å². The number of aromatic nitrogens is 2. The Bertz CT molecular complexity index is 784. The number of aryl methyl sites for hydroxylation is 1. The number of rotatable bonds is 4. The SMILES string of the molecule is Cc1ccc(NC[C@@H]2CC(=O)N(C)[C@H]2c2ccncc2)nc1C#N. The summed E-state index contributed by atoms with van der Waals surface area (Å²) in [6.07, 6.45) is 3.99. The largest absolute Gasteiger partial charge is 0.370 e. The Kier molecular flexibility index (Phi) is 4.43. The second-order valence-electron chi connectivity index (χ2n) is 6.05. The average molecular weight is 321 g/mol. The van der Waals surface area contributed by atoms with Crippen LogP contribution in [0.25, 0.3) is 0 Å². The molecule has 6 nitrogen and oxygen atoms in total. The van der Waals surface area contributed by atoms with E-state index in [1.807, 2.05) is 38.2 Å². The molecule has 122 valence electrons. The lowest BCUT2D eigenvalue weighted by Crippen LogP contribution is -2.26. The molecule has 2 atom stereocenters. The van der Waals surface area contributed by atoms with Crippen LogP contribution in [0.15, 0.2) is 36.7 Å². The predicted molar refractivity (Wildman–Crippen MR) is 90.0 cm³/mol. The molecule has 1 saturated heterocycles. The number of carbonyl (C=O) groups excluding carboxylic acids is 1. The van der Waals surface area contributed by atoms with Gasteiger partial charge in [0.2, 0.25) is 5.91 Å². The van der Waals surface area contributed by atoms with E-state index in [9.17, 15) is 4.79 Å². The Morgan fingerprint density at radius 1 is 1.33 bits per heavy atom. The fraction of sp³-hybridized carbons (Fsp3) is 0.333. The number of likely N-dealkylation sites (tertiary alicyclic amines) is 1. The standard InChI is InChI=1S/C18H19N5O/c1-12-3-4-16(22-15(12)10-19)21-11-14-9-17(24)23(2)18(14)13-5-7-20-8-6-13/h3-8,14,18H,9,11H2,1-2H3,(H,21,22)/t14-,18-/m0/s1. The number of amides is 1. The smallest absolute Gasteiger partial charge is 0.223 e. The minimum Gasteiger partial charge on any atom is -0.370 e. The maximum Gasteiger partial charge on any atom is 0.223 e. The third-order valence-corrected chi connectivity index (χ3v) is 4.49. The van der Waals surface area contributed by atoms with E-state index in [0.717, 1.165) is 11.1 Å². The zero-order valence-electron chi connectivity index (χ0n) is 13.7. The summed E-state index contributed by atoms with van der Waals surface area (Å²) < 4.78 is 0. The van der Waals surface area contributed by atoms with Crippen LogP contribution in [0.4, 0.5) is 5.82 Å². The van der Waals surface area contributed by atoms with Crippen molar-refractivity contribution in [3.63, 3.8) is 0 Å². The quantitative estimate of drug-likeness (QED) is 0.934. The second-order valence-corrected chi connectivity index (χ2v) is 6.05. The predicted octanol–water partition coefficient (Wildman–Crippen LogP) is 2.29. The Labute approximate surface area is 141 Å². The first-order chi connectivity index (χ1) is 11.6. The van der Waals surface area contributed by atoms with E-state index in [1.54, 1.807) is 17.3 Å². The first-order valence-electron chi connectivity index (χ1n) is 7.87.